The fourth-order valence-electron chi connectivity index (χ4n) is 3.12. The van der Waals surface area contributed by atoms with Crippen molar-refractivity contribution < 1.29 is 22.7 Å². The Labute approximate surface area is 152 Å². The molecule has 1 heterocycles. The number of carbonyl (C=O) groups is 1. The molecule has 1 atom stereocenters. The summed E-state index contributed by atoms with van der Waals surface area (Å²) in [5.74, 6) is -1.79. The highest BCUT2D eigenvalue weighted by molar-refractivity contribution is 7.93. The van der Waals surface area contributed by atoms with Crippen molar-refractivity contribution in [2.45, 2.75) is 43.5 Å². The van der Waals surface area contributed by atoms with Crippen molar-refractivity contribution in [3.05, 3.63) is 59.4 Å². The van der Waals surface area contributed by atoms with Crippen LogP contribution in [0.2, 0.25) is 0 Å². The number of aliphatic carboxylic acids is 1. The van der Waals surface area contributed by atoms with Gasteiger partial charge in [0.25, 0.3) is 10.0 Å². The molecule has 7 heteroatoms. The molecule has 2 aromatic carbocycles. The maximum atomic E-state index is 13.5. The average molecular weight is 377 g/mol. The number of hydrogen-bond acceptors (Lipinski definition) is 3. The highest BCUT2D eigenvalue weighted by Gasteiger charge is 2.42. The Morgan fingerprint density at radius 3 is 2.31 bits per heavy atom. The molecule has 0 bridgehead atoms. The number of nitrogens with zero attached hydrogens (tertiary/aromatic N) is 1. The van der Waals surface area contributed by atoms with Crippen LogP contribution in [0, 0.1) is 5.82 Å². The number of carboxylic acids is 1. The van der Waals surface area contributed by atoms with E-state index >= 15 is 0 Å². The minimum Gasteiger partial charge on any atom is -0.480 e. The van der Waals surface area contributed by atoms with E-state index in [9.17, 15) is 22.7 Å². The molecule has 1 unspecified atom stereocenters. The first-order chi connectivity index (χ1) is 12.0. The van der Waals surface area contributed by atoms with E-state index in [1.54, 1.807) is 12.1 Å². The third-order valence-electron chi connectivity index (χ3n) is 4.54. The average Bonchev–Trinajstić information content (AvgIpc) is 2.93. The molecule has 26 heavy (non-hydrogen) atoms. The van der Waals surface area contributed by atoms with Crippen LogP contribution < -0.4 is 4.31 Å². The molecule has 1 aliphatic heterocycles. The molecule has 0 amide bonds. The molecule has 2 aromatic rings. The maximum absolute atomic E-state index is 13.5. The zero-order valence-corrected chi connectivity index (χ0v) is 15.5. The molecule has 0 radical (unpaired) electrons. The van der Waals surface area contributed by atoms with Gasteiger partial charge < -0.3 is 5.11 Å². The van der Waals surface area contributed by atoms with E-state index in [1.807, 2.05) is 20.8 Å². The van der Waals surface area contributed by atoms with Gasteiger partial charge in [-0.1, -0.05) is 32.9 Å². The summed E-state index contributed by atoms with van der Waals surface area (Å²) in [6.07, 6.45) is -0.0677. The largest absolute Gasteiger partial charge is 0.480 e. The van der Waals surface area contributed by atoms with Crippen molar-refractivity contribution in [3.63, 3.8) is 0 Å². The molecule has 0 aliphatic carbocycles. The van der Waals surface area contributed by atoms with Crippen molar-refractivity contribution in [1.29, 1.82) is 0 Å². The molecule has 0 saturated heterocycles. The van der Waals surface area contributed by atoms with Crippen molar-refractivity contribution >= 4 is 21.7 Å². The summed E-state index contributed by atoms with van der Waals surface area (Å²) in [6, 6.07) is 8.76. The summed E-state index contributed by atoms with van der Waals surface area (Å²) >= 11 is 0. The zero-order valence-electron chi connectivity index (χ0n) is 14.7. The van der Waals surface area contributed by atoms with Crippen molar-refractivity contribution in [1.82, 2.24) is 0 Å². The number of carboxylic acid groups (broad SMARTS) is 1. The Kier molecular flexibility index (Phi) is 4.30. The van der Waals surface area contributed by atoms with Crippen LogP contribution >= 0.6 is 0 Å². The molecule has 0 fully saturated rings. The molecule has 1 N–H and O–H groups in total. The number of sulfonamides is 1. The van der Waals surface area contributed by atoms with Gasteiger partial charge in [-0.15, -0.1) is 0 Å². The monoisotopic (exact) mass is 377 g/mol. The van der Waals surface area contributed by atoms with Crippen molar-refractivity contribution in [2.24, 2.45) is 0 Å². The number of halogens is 1. The van der Waals surface area contributed by atoms with E-state index in [0.29, 0.717) is 5.56 Å². The summed E-state index contributed by atoms with van der Waals surface area (Å²) < 4.78 is 40.6. The van der Waals surface area contributed by atoms with Crippen LogP contribution in [-0.4, -0.2) is 25.5 Å². The summed E-state index contributed by atoms with van der Waals surface area (Å²) in [7, 11) is -4.09. The number of fused-ring (bicyclic) bond motifs is 1. The van der Waals surface area contributed by atoms with Crippen LogP contribution in [0.4, 0.5) is 10.1 Å². The van der Waals surface area contributed by atoms with Crippen LogP contribution in [0.1, 0.15) is 31.9 Å². The first-order valence-electron chi connectivity index (χ1n) is 8.18. The van der Waals surface area contributed by atoms with E-state index in [1.165, 1.54) is 24.3 Å². The van der Waals surface area contributed by atoms with Crippen molar-refractivity contribution in [3.8, 4) is 0 Å². The van der Waals surface area contributed by atoms with Crippen LogP contribution in [0.5, 0.6) is 0 Å². The van der Waals surface area contributed by atoms with E-state index in [-0.39, 0.29) is 22.4 Å². The Balaban J connectivity index is 2.09. The van der Waals surface area contributed by atoms with Crippen LogP contribution in [0.25, 0.3) is 0 Å². The molecule has 5 nitrogen and oxygen atoms in total. The number of benzene rings is 2. The van der Waals surface area contributed by atoms with E-state index in [4.69, 9.17) is 0 Å². The summed E-state index contributed by atoms with van der Waals surface area (Å²) in [6.45, 7) is 6.05. The predicted molar refractivity (Wildman–Crippen MR) is 96.3 cm³/mol. The minimum absolute atomic E-state index is 0.00826. The van der Waals surface area contributed by atoms with E-state index in [0.717, 1.165) is 15.9 Å². The van der Waals surface area contributed by atoms with Crippen molar-refractivity contribution in [2.75, 3.05) is 4.31 Å². The lowest BCUT2D eigenvalue weighted by molar-refractivity contribution is -0.138. The normalized spacial score (nSPS) is 17.2. The number of anilines is 1. The van der Waals surface area contributed by atoms with Gasteiger partial charge in [-0.05, 0) is 46.9 Å². The number of hydrogen-bond donors (Lipinski definition) is 1. The molecule has 0 aromatic heterocycles. The third-order valence-corrected chi connectivity index (χ3v) is 6.37. The lowest BCUT2D eigenvalue weighted by Crippen LogP contribution is -2.42. The highest BCUT2D eigenvalue weighted by atomic mass is 32.2. The van der Waals surface area contributed by atoms with Gasteiger partial charge in [0, 0.05) is 6.42 Å². The predicted octanol–water partition coefficient (Wildman–Crippen LogP) is 3.33. The smallest absolute Gasteiger partial charge is 0.327 e. The Morgan fingerprint density at radius 1 is 1.15 bits per heavy atom. The van der Waals surface area contributed by atoms with Gasteiger partial charge in [-0.25, -0.2) is 17.6 Å². The second-order valence-electron chi connectivity index (χ2n) is 7.41. The van der Waals surface area contributed by atoms with Crippen LogP contribution in [0.3, 0.4) is 0 Å². The van der Waals surface area contributed by atoms with Gasteiger partial charge >= 0.3 is 5.97 Å². The van der Waals surface area contributed by atoms with Gasteiger partial charge in [-0.3, -0.25) is 4.31 Å². The molecule has 0 spiro atoms. The standard InChI is InChI=1S/C19H20FNO4S/c1-19(2,3)13-4-7-15(8-5-13)26(24,25)21-16-9-6-14(20)10-12(16)11-17(21)18(22)23/h4-10,17H,11H2,1-3H3,(H,22,23). The topological polar surface area (TPSA) is 74.7 Å². The summed E-state index contributed by atoms with van der Waals surface area (Å²) in [5.41, 5.74) is 1.41. The van der Waals surface area contributed by atoms with E-state index in [2.05, 4.69) is 0 Å². The first-order valence-corrected chi connectivity index (χ1v) is 9.62. The van der Waals surface area contributed by atoms with Gasteiger partial charge in [0.2, 0.25) is 0 Å². The maximum Gasteiger partial charge on any atom is 0.327 e. The molecular weight excluding hydrogens is 357 g/mol. The SMILES string of the molecule is CC(C)(C)c1ccc(S(=O)(=O)N2c3ccc(F)cc3CC2C(=O)O)cc1. The van der Waals surface area contributed by atoms with Crippen LogP contribution in [-0.2, 0) is 26.7 Å². The fraction of sp³-hybridized carbons (Fsp3) is 0.316. The molecule has 3 rings (SSSR count). The number of rotatable bonds is 3. The first kappa shape index (κ1) is 18.4. The van der Waals surface area contributed by atoms with Gasteiger partial charge in [0.05, 0.1) is 10.6 Å². The Bertz CT molecular complexity index is 962. The minimum atomic E-state index is -4.09. The van der Waals surface area contributed by atoms with E-state index < -0.39 is 27.9 Å². The zero-order chi connectivity index (χ0) is 19.3. The van der Waals surface area contributed by atoms with Gasteiger partial charge in [-0.2, -0.15) is 0 Å². The molecule has 138 valence electrons. The summed E-state index contributed by atoms with van der Waals surface area (Å²) in [5, 5.41) is 9.49. The summed E-state index contributed by atoms with van der Waals surface area (Å²) in [4.78, 5) is 11.6. The second-order valence-corrected chi connectivity index (χ2v) is 9.22. The second kappa shape index (κ2) is 6.09. The molecular formula is C19H20FNO4S. The van der Waals surface area contributed by atoms with Gasteiger partial charge in [0.1, 0.15) is 11.9 Å². The van der Waals surface area contributed by atoms with Crippen LogP contribution in [0.15, 0.2) is 47.4 Å². The lowest BCUT2D eigenvalue weighted by Gasteiger charge is -2.25. The quantitative estimate of drug-likeness (QED) is 0.890. The molecule has 1 aliphatic rings. The Hall–Kier alpha value is -2.41. The lowest BCUT2D eigenvalue weighted by atomic mass is 9.87. The third kappa shape index (κ3) is 3.07. The Morgan fingerprint density at radius 2 is 1.77 bits per heavy atom. The highest BCUT2D eigenvalue weighted by Crippen LogP contribution is 2.37. The van der Waals surface area contributed by atoms with Gasteiger partial charge in [0.15, 0.2) is 0 Å². The fourth-order valence-corrected chi connectivity index (χ4v) is 4.76. The molecule has 0 saturated carbocycles.